The van der Waals surface area contributed by atoms with Crippen molar-refractivity contribution in [3.05, 3.63) is 71.8 Å². The number of amides is 2. The highest BCUT2D eigenvalue weighted by Gasteiger charge is 2.47. The van der Waals surface area contributed by atoms with Crippen LogP contribution in [0.25, 0.3) is 0 Å². The van der Waals surface area contributed by atoms with E-state index in [-0.39, 0.29) is 75.8 Å². The highest BCUT2D eigenvalue weighted by Crippen LogP contribution is 2.44. The molecule has 4 unspecified atom stereocenters. The summed E-state index contributed by atoms with van der Waals surface area (Å²) in [7, 11) is -7.01. The molecule has 8 heterocycles. The van der Waals surface area contributed by atoms with Gasteiger partial charge in [0.25, 0.3) is 0 Å². The van der Waals surface area contributed by atoms with Gasteiger partial charge in [0.1, 0.15) is 53.7 Å². The van der Waals surface area contributed by atoms with Crippen LogP contribution in [0.5, 0.6) is 11.8 Å². The maximum Gasteiger partial charge on any atom is 0.410 e. The number of sulfone groups is 2. The highest BCUT2D eigenvalue weighted by molar-refractivity contribution is 7.91. The molecule has 6 aliphatic rings. The van der Waals surface area contributed by atoms with Crippen molar-refractivity contribution in [1.82, 2.24) is 29.7 Å². The molecule has 0 saturated carbocycles. The third-order valence-corrected chi connectivity index (χ3v) is 16.0. The molecule has 0 radical (unpaired) electrons. The number of benzene rings is 2. The zero-order valence-corrected chi connectivity index (χ0v) is 42.5. The van der Waals surface area contributed by atoms with Gasteiger partial charge < -0.3 is 38.5 Å². The minimum atomic E-state index is -3.51. The van der Waals surface area contributed by atoms with E-state index in [4.69, 9.17) is 18.9 Å². The number of piperidine rings is 2. The standard InChI is InChI=1S/C25H31FN4O5S.C24H29FN4O5S/c1-25(2,3)35-24(31)30-15-5-6-16(30)12-17(11-15)34-23-19-9-10-29(22(19)27-14-28-23)21-8-7-18(13-20(21)26)36(4,32)33;1-14(2)33-24(30)29-15-4-5-16(29)11-17(10-15)34-23-19-8-9-28(22(19)26-13-27-23)21-7-6-18(12-20(21)25)35(3,31)32/h7-8,13-17H,5-6,9-12H2,1-4H3;6-7,12-17H,4-5,8-11H2,1-3H3. The Morgan fingerprint density at radius 1 is 0.634 bits per heavy atom. The molecule has 2 aromatic carbocycles. The van der Waals surface area contributed by atoms with Gasteiger partial charge >= 0.3 is 12.2 Å². The maximum atomic E-state index is 14.9. The summed E-state index contributed by atoms with van der Waals surface area (Å²) in [5.74, 6) is 0.818. The predicted molar refractivity (Wildman–Crippen MR) is 257 cm³/mol. The first-order valence-corrected chi connectivity index (χ1v) is 27.9. The molecule has 0 N–H and O–H groups in total. The number of hydrogen-bond acceptors (Lipinski definition) is 16. The summed E-state index contributed by atoms with van der Waals surface area (Å²) in [6, 6.07) is 8.11. The quantitative estimate of drug-likeness (QED) is 0.158. The number of hydrogen-bond donors (Lipinski definition) is 0. The molecule has 4 bridgehead atoms. The lowest BCUT2D eigenvalue weighted by Crippen LogP contribution is -2.50. The zero-order valence-electron chi connectivity index (χ0n) is 40.9. The Labute approximate surface area is 412 Å². The van der Waals surface area contributed by atoms with Crippen molar-refractivity contribution in [2.45, 2.75) is 157 Å². The van der Waals surface area contributed by atoms with Crippen LogP contribution in [0.15, 0.2) is 58.8 Å². The van der Waals surface area contributed by atoms with Crippen LogP contribution in [0.2, 0.25) is 0 Å². The summed E-state index contributed by atoms with van der Waals surface area (Å²) in [5.41, 5.74) is 1.58. The van der Waals surface area contributed by atoms with Crippen molar-refractivity contribution in [2.24, 2.45) is 0 Å². The molecule has 6 aliphatic heterocycles. The van der Waals surface area contributed by atoms with Crippen molar-refractivity contribution >= 4 is 54.9 Å². The lowest BCUT2D eigenvalue weighted by atomic mass is 10.00. The van der Waals surface area contributed by atoms with Gasteiger partial charge in [-0.1, -0.05) is 0 Å². The van der Waals surface area contributed by atoms with Crippen molar-refractivity contribution in [3.63, 3.8) is 0 Å². The molecule has 10 rings (SSSR count). The molecule has 71 heavy (non-hydrogen) atoms. The van der Waals surface area contributed by atoms with Crippen LogP contribution in [0.3, 0.4) is 0 Å². The summed E-state index contributed by atoms with van der Waals surface area (Å²) >= 11 is 0. The Bertz CT molecular complexity index is 2910. The van der Waals surface area contributed by atoms with Crippen LogP contribution in [0.4, 0.5) is 41.4 Å². The molecule has 0 aliphatic carbocycles. The Balaban J connectivity index is 0.000000176. The number of halogens is 2. The lowest BCUT2D eigenvalue weighted by Gasteiger charge is -2.39. The van der Waals surface area contributed by atoms with Crippen molar-refractivity contribution in [1.29, 1.82) is 0 Å². The highest BCUT2D eigenvalue weighted by atomic mass is 32.2. The van der Waals surface area contributed by atoms with Gasteiger partial charge in [0.05, 0.1) is 38.4 Å². The number of ether oxygens (including phenoxy) is 4. The van der Waals surface area contributed by atoms with Crippen LogP contribution >= 0.6 is 0 Å². The fourth-order valence-corrected chi connectivity index (χ4v) is 12.1. The summed E-state index contributed by atoms with van der Waals surface area (Å²) < 4.78 is 101. The molecule has 22 heteroatoms. The summed E-state index contributed by atoms with van der Waals surface area (Å²) in [5, 5.41) is 0. The second-order valence-electron chi connectivity index (χ2n) is 20.5. The Kier molecular flexibility index (Phi) is 13.6. The normalized spacial score (nSPS) is 23.5. The molecular formula is C49H60F2N8O10S2. The fourth-order valence-electron chi connectivity index (χ4n) is 10.8. The van der Waals surface area contributed by atoms with Gasteiger partial charge in [-0.2, -0.15) is 0 Å². The van der Waals surface area contributed by atoms with Crippen molar-refractivity contribution < 1.29 is 54.2 Å². The van der Waals surface area contributed by atoms with Crippen LogP contribution < -0.4 is 19.3 Å². The van der Waals surface area contributed by atoms with Gasteiger partial charge in [0.2, 0.25) is 11.8 Å². The third kappa shape index (κ3) is 10.5. The van der Waals surface area contributed by atoms with Gasteiger partial charge in [0.15, 0.2) is 19.7 Å². The molecular weight excluding hydrogens is 963 g/mol. The molecule has 18 nitrogen and oxygen atoms in total. The Morgan fingerprint density at radius 2 is 1.03 bits per heavy atom. The number of carbonyl (C=O) groups excluding carboxylic acids is 2. The average molecular weight is 1020 g/mol. The Morgan fingerprint density at radius 3 is 1.38 bits per heavy atom. The largest absolute Gasteiger partial charge is 0.474 e. The van der Waals surface area contributed by atoms with Crippen molar-refractivity contribution in [3.8, 4) is 11.8 Å². The predicted octanol–water partition coefficient (Wildman–Crippen LogP) is 7.66. The second-order valence-corrected chi connectivity index (χ2v) is 24.5. The first-order chi connectivity index (χ1) is 33.5. The summed E-state index contributed by atoms with van der Waals surface area (Å²) in [4.78, 5) is 49.8. The number of aromatic nitrogens is 4. The topological polar surface area (TPSA) is 204 Å². The minimum absolute atomic E-state index is 0.0665. The van der Waals surface area contributed by atoms with Crippen LogP contribution in [-0.2, 0) is 42.0 Å². The van der Waals surface area contributed by atoms with Gasteiger partial charge in [-0.15, -0.1) is 0 Å². The van der Waals surface area contributed by atoms with E-state index >= 15 is 0 Å². The number of anilines is 4. The van der Waals surface area contributed by atoms with Gasteiger partial charge in [-0.25, -0.2) is 55.1 Å². The number of fused-ring (bicyclic) bond motifs is 6. The fraction of sp³-hybridized carbons (Fsp3) is 0.551. The lowest BCUT2D eigenvalue weighted by molar-refractivity contribution is -0.00777. The van der Waals surface area contributed by atoms with E-state index in [0.717, 1.165) is 61.5 Å². The van der Waals surface area contributed by atoms with Crippen LogP contribution in [-0.4, -0.2) is 132 Å². The molecule has 2 amide bonds. The molecule has 0 spiro atoms. The maximum absolute atomic E-state index is 14.9. The van der Waals surface area contributed by atoms with E-state index in [9.17, 15) is 35.2 Å². The minimum Gasteiger partial charge on any atom is -0.474 e. The van der Waals surface area contributed by atoms with Gasteiger partial charge in [-0.05, 0) is 110 Å². The molecule has 2 aromatic heterocycles. The molecule has 382 valence electrons. The van der Waals surface area contributed by atoms with Crippen molar-refractivity contribution in [2.75, 3.05) is 35.4 Å². The SMILES string of the molecule is CC(C)(C)OC(=O)N1C2CCC1CC(Oc1ncnc3c1CCN3c1ccc(S(C)(=O)=O)cc1F)C2.CC(C)OC(=O)N1C2CCC1CC(Oc1ncnc3c1CCN3c1ccc(S(C)(=O)=O)cc1F)C2. The van der Waals surface area contributed by atoms with Gasteiger partial charge in [-0.3, -0.25) is 0 Å². The third-order valence-electron chi connectivity index (χ3n) is 13.8. The van der Waals surface area contributed by atoms with E-state index in [1.54, 1.807) is 9.80 Å². The monoisotopic (exact) mass is 1020 g/mol. The summed E-state index contributed by atoms with van der Waals surface area (Å²) in [6.07, 6.45) is 11.7. The van der Waals surface area contributed by atoms with E-state index in [0.29, 0.717) is 75.0 Å². The molecule has 4 saturated heterocycles. The van der Waals surface area contributed by atoms with Gasteiger partial charge in [0, 0.05) is 75.5 Å². The Hall–Kier alpha value is -5.90. The number of carbonyl (C=O) groups is 2. The first-order valence-electron chi connectivity index (χ1n) is 24.1. The zero-order chi connectivity index (χ0) is 50.7. The second kappa shape index (κ2) is 19.3. The number of rotatable bonds is 9. The number of nitrogens with zero attached hydrogens (tertiary/aromatic N) is 8. The van der Waals surface area contributed by atoms with Crippen LogP contribution in [0.1, 0.15) is 97.1 Å². The molecule has 4 fully saturated rings. The van der Waals surface area contributed by atoms with Crippen LogP contribution in [0, 0.1) is 11.6 Å². The van der Waals surface area contributed by atoms with E-state index in [2.05, 4.69) is 19.9 Å². The summed E-state index contributed by atoms with van der Waals surface area (Å²) in [6.45, 7) is 10.3. The molecule has 4 aromatic rings. The van der Waals surface area contributed by atoms with E-state index in [1.807, 2.05) is 44.4 Å². The van der Waals surface area contributed by atoms with E-state index < -0.39 is 36.9 Å². The average Bonchev–Trinajstić information content (AvgIpc) is 4.04. The molecule has 4 atom stereocenters. The first kappa shape index (κ1) is 50.1. The van der Waals surface area contributed by atoms with E-state index in [1.165, 1.54) is 36.9 Å². The smallest absolute Gasteiger partial charge is 0.410 e.